The molecular formula is C9H14O3. The summed E-state index contributed by atoms with van der Waals surface area (Å²) in [5.41, 5.74) is -0.302. The molecule has 0 aromatic rings. The minimum absolute atomic E-state index is 0.154. The molecular weight excluding hydrogens is 156 g/mol. The third-order valence-corrected chi connectivity index (χ3v) is 3.52. The maximum absolute atomic E-state index is 9.63. The SMILES string of the molecule is CC1(C)OC2CC3CC(O)C32O1. The molecule has 3 fully saturated rings. The normalized spacial score (nSPS) is 59.8. The molecule has 3 heteroatoms. The highest BCUT2D eigenvalue weighted by atomic mass is 16.8. The Kier molecular flexibility index (Phi) is 1.04. The molecule has 2 aliphatic carbocycles. The Morgan fingerprint density at radius 1 is 1.33 bits per heavy atom. The van der Waals surface area contributed by atoms with Crippen LogP contribution in [0.3, 0.4) is 0 Å². The molecule has 68 valence electrons. The van der Waals surface area contributed by atoms with E-state index in [9.17, 15) is 5.11 Å². The summed E-state index contributed by atoms with van der Waals surface area (Å²) in [7, 11) is 0. The zero-order chi connectivity index (χ0) is 8.56. The van der Waals surface area contributed by atoms with Gasteiger partial charge in [0.2, 0.25) is 0 Å². The van der Waals surface area contributed by atoms with Gasteiger partial charge < -0.3 is 14.6 Å². The second-order valence-electron chi connectivity index (χ2n) is 4.65. The topological polar surface area (TPSA) is 38.7 Å². The molecule has 0 amide bonds. The summed E-state index contributed by atoms with van der Waals surface area (Å²) in [6.45, 7) is 3.84. The first-order valence-electron chi connectivity index (χ1n) is 4.61. The monoisotopic (exact) mass is 170 g/mol. The third kappa shape index (κ3) is 0.573. The highest BCUT2D eigenvalue weighted by molar-refractivity contribution is 5.21. The molecule has 3 nitrogen and oxygen atoms in total. The van der Waals surface area contributed by atoms with Crippen LogP contribution in [0.25, 0.3) is 0 Å². The van der Waals surface area contributed by atoms with Gasteiger partial charge in [-0.15, -0.1) is 0 Å². The molecule has 0 radical (unpaired) electrons. The second kappa shape index (κ2) is 1.72. The molecule has 1 saturated heterocycles. The lowest BCUT2D eigenvalue weighted by Crippen LogP contribution is -2.73. The maximum atomic E-state index is 9.63. The number of hydrogen-bond acceptors (Lipinski definition) is 3. The molecule has 1 N–H and O–H groups in total. The molecule has 1 heterocycles. The highest BCUT2D eigenvalue weighted by Gasteiger charge is 2.74. The average molecular weight is 170 g/mol. The Morgan fingerprint density at radius 3 is 2.50 bits per heavy atom. The summed E-state index contributed by atoms with van der Waals surface area (Å²) < 4.78 is 11.4. The number of rotatable bonds is 0. The Hall–Kier alpha value is -0.120. The number of hydrogen-bond donors (Lipinski definition) is 1. The van der Waals surface area contributed by atoms with Gasteiger partial charge in [0, 0.05) is 0 Å². The Balaban J connectivity index is 1.92. The van der Waals surface area contributed by atoms with Gasteiger partial charge in [-0.1, -0.05) is 0 Å². The van der Waals surface area contributed by atoms with Crippen molar-refractivity contribution in [3.63, 3.8) is 0 Å². The van der Waals surface area contributed by atoms with E-state index in [1.54, 1.807) is 0 Å². The number of aliphatic hydroxyl groups is 1. The summed E-state index contributed by atoms with van der Waals surface area (Å²) in [5, 5.41) is 9.63. The Bertz CT molecular complexity index is 232. The van der Waals surface area contributed by atoms with Crippen molar-refractivity contribution in [1.82, 2.24) is 0 Å². The van der Waals surface area contributed by atoms with E-state index in [-0.39, 0.29) is 17.8 Å². The fourth-order valence-electron chi connectivity index (χ4n) is 2.94. The van der Waals surface area contributed by atoms with Crippen LogP contribution >= 0.6 is 0 Å². The summed E-state index contributed by atoms with van der Waals surface area (Å²) in [6, 6.07) is 0. The minimum atomic E-state index is -0.485. The lowest BCUT2D eigenvalue weighted by molar-refractivity contribution is -0.274. The predicted octanol–water partition coefficient (Wildman–Crippen LogP) is 0.661. The Labute approximate surface area is 71.7 Å². The first kappa shape index (κ1) is 7.30. The van der Waals surface area contributed by atoms with Gasteiger partial charge in [-0.2, -0.15) is 0 Å². The lowest BCUT2D eigenvalue weighted by atomic mass is 9.52. The molecule has 2 saturated carbocycles. The van der Waals surface area contributed by atoms with Gasteiger partial charge in [0.15, 0.2) is 5.79 Å². The first-order valence-corrected chi connectivity index (χ1v) is 4.61. The summed E-state index contributed by atoms with van der Waals surface area (Å²) in [4.78, 5) is 0. The van der Waals surface area contributed by atoms with Crippen LogP contribution in [-0.4, -0.2) is 28.7 Å². The van der Waals surface area contributed by atoms with Crippen LogP contribution < -0.4 is 0 Å². The zero-order valence-corrected chi connectivity index (χ0v) is 7.41. The van der Waals surface area contributed by atoms with Gasteiger partial charge in [0.25, 0.3) is 0 Å². The highest BCUT2D eigenvalue weighted by Crippen LogP contribution is 2.63. The first-order chi connectivity index (χ1) is 5.55. The largest absolute Gasteiger partial charge is 0.390 e. The third-order valence-electron chi connectivity index (χ3n) is 3.52. The van der Waals surface area contributed by atoms with Crippen LogP contribution in [0.4, 0.5) is 0 Å². The molecule has 0 bridgehead atoms. The fraction of sp³-hybridized carbons (Fsp3) is 1.00. The molecule has 12 heavy (non-hydrogen) atoms. The van der Waals surface area contributed by atoms with E-state index in [0.717, 1.165) is 12.8 Å². The van der Waals surface area contributed by atoms with Crippen LogP contribution in [0.15, 0.2) is 0 Å². The van der Waals surface area contributed by atoms with Crippen molar-refractivity contribution in [2.75, 3.05) is 0 Å². The van der Waals surface area contributed by atoms with Crippen molar-refractivity contribution in [3.8, 4) is 0 Å². The van der Waals surface area contributed by atoms with Crippen molar-refractivity contribution >= 4 is 0 Å². The number of aliphatic hydroxyl groups excluding tert-OH is 1. The molecule has 1 aliphatic heterocycles. The molecule has 0 aromatic carbocycles. The smallest absolute Gasteiger partial charge is 0.164 e. The van der Waals surface area contributed by atoms with Crippen LogP contribution in [0.2, 0.25) is 0 Å². The Morgan fingerprint density at radius 2 is 2.08 bits per heavy atom. The van der Waals surface area contributed by atoms with E-state index in [2.05, 4.69) is 0 Å². The van der Waals surface area contributed by atoms with E-state index in [1.807, 2.05) is 13.8 Å². The van der Waals surface area contributed by atoms with Gasteiger partial charge in [-0.25, -0.2) is 0 Å². The van der Waals surface area contributed by atoms with E-state index in [0.29, 0.717) is 5.92 Å². The van der Waals surface area contributed by atoms with Crippen molar-refractivity contribution in [3.05, 3.63) is 0 Å². The predicted molar refractivity (Wildman–Crippen MR) is 41.5 cm³/mol. The molecule has 3 rings (SSSR count). The maximum Gasteiger partial charge on any atom is 0.164 e. The number of ether oxygens (including phenoxy) is 2. The fourth-order valence-corrected chi connectivity index (χ4v) is 2.94. The van der Waals surface area contributed by atoms with Gasteiger partial charge in [-0.3, -0.25) is 0 Å². The van der Waals surface area contributed by atoms with E-state index >= 15 is 0 Å². The van der Waals surface area contributed by atoms with Gasteiger partial charge >= 0.3 is 0 Å². The zero-order valence-electron chi connectivity index (χ0n) is 7.41. The van der Waals surface area contributed by atoms with Crippen molar-refractivity contribution in [2.45, 2.75) is 50.3 Å². The lowest BCUT2D eigenvalue weighted by Gasteiger charge is -2.60. The molecule has 3 aliphatic rings. The van der Waals surface area contributed by atoms with E-state index in [1.165, 1.54) is 0 Å². The standard InChI is InChI=1S/C9H14O3/c1-8(2)11-7-4-5-3-6(10)9(5,7)12-8/h5-7,10H,3-4H2,1-2H3. The van der Waals surface area contributed by atoms with Gasteiger partial charge in [0.1, 0.15) is 5.60 Å². The van der Waals surface area contributed by atoms with Gasteiger partial charge in [0.05, 0.1) is 12.2 Å². The van der Waals surface area contributed by atoms with Gasteiger partial charge in [-0.05, 0) is 32.6 Å². The molecule has 4 atom stereocenters. The van der Waals surface area contributed by atoms with Crippen LogP contribution in [0, 0.1) is 5.92 Å². The van der Waals surface area contributed by atoms with Crippen molar-refractivity contribution in [2.24, 2.45) is 5.92 Å². The summed E-state index contributed by atoms with van der Waals surface area (Å²) in [5.74, 6) is 0.0696. The van der Waals surface area contributed by atoms with Crippen molar-refractivity contribution < 1.29 is 14.6 Å². The summed E-state index contributed by atoms with van der Waals surface area (Å²) in [6.07, 6.45) is 1.83. The van der Waals surface area contributed by atoms with Crippen LogP contribution in [-0.2, 0) is 9.47 Å². The molecule has 0 aromatic heterocycles. The second-order valence-corrected chi connectivity index (χ2v) is 4.65. The van der Waals surface area contributed by atoms with Crippen LogP contribution in [0.1, 0.15) is 26.7 Å². The molecule has 1 spiro atoms. The van der Waals surface area contributed by atoms with E-state index in [4.69, 9.17) is 9.47 Å². The minimum Gasteiger partial charge on any atom is -0.390 e. The van der Waals surface area contributed by atoms with Crippen LogP contribution in [0.5, 0.6) is 0 Å². The summed E-state index contributed by atoms with van der Waals surface area (Å²) >= 11 is 0. The quantitative estimate of drug-likeness (QED) is 0.580. The van der Waals surface area contributed by atoms with Crippen molar-refractivity contribution in [1.29, 1.82) is 0 Å². The average Bonchev–Trinajstić information content (AvgIpc) is 2.21. The van der Waals surface area contributed by atoms with E-state index < -0.39 is 5.79 Å². The molecule has 4 unspecified atom stereocenters.